The lowest BCUT2D eigenvalue weighted by Crippen LogP contribution is -2.30. The van der Waals surface area contributed by atoms with Gasteiger partial charge < -0.3 is 9.84 Å². The molecule has 1 aromatic rings. The summed E-state index contributed by atoms with van der Waals surface area (Å²) in [5.74, 6) is -2.27. The van der Waals surface area contributed by atoms with Crippen molar-refractivity contribution in [3.63, 3.8) is 0 Å². The Hall–Kier alpha value is -1.51. The van der Waals surface area contributed by atoms with Crippen LogP contribution >= 0.6 is 0 Å². The quantitative estimate of drug-likeness (QED) is 0.894. The fourth-order valence-electron chi connectivity index (χ4n) is 2.08. The molecule has 0 saturated carbocycles. The number of aromatic carboxylic acids is 1. The molecule has 1 unspecified atom stereocenters. The van der Waals surface area contributed by atoms with Crippen molar-refractivity contribution >= 4 is 16.0 Å². The van der Waals surface area contributed by atoms with Crippen molar-refractivity contribution in [3.05, 3.63) is 29.6 Å². The highest BCUT2D eigenvalue weighted by Crippen LogP contribution is 2.25. The average molecular weight is 303 g/mol. The van der Waals surface area contributed by atoms with Gasteiger partial charge in [-0.3, -0.25) is 0 Å². The van der Waals surface area contributed by atoms with Crippen molar-refractivity contribution in [2.45, 2.75) is 17.4 Å². The third-order valence-electron chi connectivity index (χ3n) is 3.24. The monoisotopic (exact) mass is 303 g/mol. The summed E-state index contributed by atoms with van der Waals surface area (Å²) < 4.78 is 44.6. The maximum atomic E-state index is 13.7. The highest BCUT2D eigenvalue weighted by atomic mass is 32.2. The van der Waals surface area contributed by atoms with Crippen LogP contribution in [0, 0.1) is 5.82 Å². The van der Waals surface area contributed by atoms with Crippen LogP contribution < -0.4 is 0 Å². The fourth-order valence-corrected chi connectivity index (χ4v) is 3.66. The first-order valence-electron chi connectivity index (χ1n) is 5.92. The van der Waals surface area contributed by atoms with Crippen molar-refractivity contribution in [1.29, 1.82) is 0 Å². The lowest BCUT2D eigenvalue weighted by Gasteiger charge is -2.17. The third-order valence-corrected chi connectivity index (χ3v) is 5.12. The summed E-state index contributed by atoms with van der Waals surface area (Å²) in [6.07, 6.45) is 0.297. The molecule has 0 radical (unpaired) electrons. The minimum Gasteiger partial charge on any atom is -0.478 e. The van der Waals surface area contributed by atoms with Gasteiger partial charge in [-0.15, -0.1) is 0 Å². The van der Waals surface area contributed by atoms with Crippen molar-refractivity contribution in [2.75, 3.05) is 20.2 Å². The van der Waals surface area contributed by atoms with Crippen LogP contribution in [0.2, 0.25) is 0 Å². The van der Waals surface area contributed by atoms with Crippen LogP contribution in [0.5, 0.6) is 0 Å². The SMILES string of the molecule is COC1CCN(S(=O)(=O)c2cc(C(=O)O)ccc2F)C1. The number of ether oxygens (including phenoxy) is 1. The molecular weight excluding hydrogens is 289 g/mol. The van der Waals surface area contributed by atoms with Gasteiger partial charge in [0.2, 0.25) is 10.0 Å². The van der Waals surface area contributed by atoms with Gasteiger partial charge in [0.1, 0.15) is 10.7 Å². The Morgan fingerprint density at radius 1 is 1.50 bits per heavy atom. The number of halogens is 1. The molecule has 8 heteroatoms. The largest absolute Gasteiger partial charge is 0.478 e. The van der Waals surface area contributed by atoms with Crippen LogP contribution in [0.4, 0.5) is 4.39 Å². The Bertz CT molecular complexity index is 631. The summed E-state index contributed by atoms with van der Waals surface area (Å²) in [6.45, 7) is 0.354. The molecule has 20 heavy (non-hydrogen) atoms. The normalized spacial score (nSPS) is 20.2. The first-order chi connectivity index (χ1) is 9.36. The summed E-state index contributed by atoms with van der Waals surface area (Å²) in [4.78, 5) is 10.2. The molecule has 1 aliphatic rings. The molecule has 110 valence electrons. The van der Waals surface area contributed by atoms with Crippen LogP contribution in [0.1, 0.15) is 16.8 Å². The maximum Gasteiger partial charge on any atom is 0.335 e. The van der Waals surface area contributed by atoms with Crippen LogP contribution in [0.15, 0.2) is 23.1 Å². The van der Waals surface area contributed by atoms with Gasteiger partial charge in [-0.2, -0.15) is 4.31 Å². The van der Waals surface area contributed by atoms with Crippen molar-refractivity contribution in [1.82, 2.24) is 4.31 Å². The Morgan fingerprint density at radius 3 is 2.75 bits per heavy atom. The number of carboxylic acids is 1. The van der Waals surface area contributed by atoms with E-state index in [1.807, 2.05) is 0 Å². The number of hydrogen-bond donors (Lipinski definition) is 1. The number of benzene rings is 1. The molecule has 2 rings (SSSR count). The van der Waals surface area contributed by atoms with Crippen molar-refractivity contribution in [3.8, 4) is 0 Å². The number of hydrogen-bond acceptors (Lipinski definition) is 4. The van der Waals surface area contributed by atoms with E-state index in [0.717, 1.165) is 22.5 Å². The second-order valence-corrected chi connectivity index (χ2v) is 6.37. The molecule has 0 aliphatic carbocycles. The Balaban J connectivity index is 2.39. The van der Waals surface area contributed by atoms with E-state index >= 15 is 0 Å². The number of nitrogens with zero attached hydrogens (tertiary/aromatic N) is 1. The molecule has 1 atom stereocenters. The molecule has 1 fully saturated rings. The highest BCUT2D eigenvalue weighted by molar-refractivity contribution is 7.89. The van der Waals surface area contributed by atoms with E-state index in [9.17, 15) is 17.6 Å². The summed E-state index contributed by atoms with van der Waals surface area (Å²) in [7, 11) is -2.57. The zero-order valence-corrected chi connectivity index (χ0v) is 11.6. The van der Waals surface area contributed by atoms with E-state index in [1.54, 1.807) is 0 Å². The van der Waals surface area contributed by atoms with Gasteiger partial charge in [0.25, 0.3) is 0 Å². The average Bonchev–Trinajstić information content (AvgIpc) is 2.88. The molecule has 1 saturated heterocycles. The van der Waals surface area contributed by atoms with Crippen LogP contribution in [-0.2, 0) is 14.8 Å². The summed E-state index contributed by atoms with van der Waals surface area (Å²) in [5.41, 5.74) is -0.271. The minimum absolute atomic E-state index is 0.134. The van der Waals surface area contributed by atoms with Crippen LogP contribution in [0.25, 0.3) is 0 Å². The highest BCUT2D eigenvalue weighted by Gasteiger charge is 2.34. The number of rotatable bonds is 4. The molecule has 0 amide bonds. The lowest BCUT2D eigenvalue weighted by molar-refractivity contribution is 0.0696. The van der Waals surface area contributed by atoms with Crippen molar-refractivity contribution < 1.29 is 27.4 Å². The second-order valence-electron chi connectivity index (χ2n) is 4.46. The molecule has 6 nitrogen and oxygen atoms in total. The summed E-state index contributed by atoms with van der Waals surface area (Å²) in [5, 5.41) is 8.86. The van der Waals surface area contributed by atoms with Gasteiger partial charge in [-0.1, -0.05) is 0 Å². The van der Waals surface area contributed by atoms with Crippen LogP contribution in [-0.4, -0.2) is 50.1 Å². The molecule has 1 heterocycles. The van der Waals surface area contributed by atoms with Gasteiger partial charge >= 0.3 is 5.97 Å². The lowest BCUT2D eigenvalue weighted by atomic mass is 10.2. The number of sulfonamides is 1. The number of methoxy groups -OCH3 is 1. The number of carboxylic acid groups (broad SMARTS) is 1. The van der Waals surface area contributed by atoms with E-state index in [0.29, 0.717) is 6.42 Å². The van der Waals surface area contributed by atoms with Gasteiger partial charge in [0.05, 0.1) is 11.7 Å². The molecule has 0 spiro atoms. The Kier molecular flexibility index (Phi) is 4.07. The molecule has 1 aromatic carbocycles. The van der Waals surface area contributed by atoms with E-state index < -0.39 is 26.7 Å². The third kappa shape index (κ3) is 2.67. The molecule has 0 bridgehead atoms. The summed E-state index contributed by atoms with van der Waals surface area (Å²) in [6, 6.07) is 2.71. The second kappa shape index (κ2) is 5.47. The molecule has 0 aromatic heterocycles. The number of carbonyl (C=O) groups is 1. The minimum atomic E-state index is -4.05. The standard InChI is InChI=1S/C12H14FNO5S/c1-19-9-4-5-14(7-9)20(17,18)11-6-8(12(15)16)2-3-10(11)13/h2-3,6,9H,4-5,7H2,1H3,(H,15,16). The topological polar surface area (TPSA) is 83.9 Å². The van der Waals surface area contributed by atoms with E-state index in [4.69, 9.17) is 9.84 Å². The molecule has 1 N–H and O–H groups in total. The van der Waals surface area contributed by atoms with E-state index in [1.165, 1.54) is 7.11 Å². The van der Waals surface area contributed by atoms with Gasteiger partial charge in [-0.05, 0) is 24.6 Å². The zero-order valence-electron chi connectivity index (χ0n) is 10.7. The van der Waals surface area contributed by atoms with Crippen molar-refractivity contribution in [2.24, 2.45) is 0 Å². The van der Waals surface area contributed by atoms with Gasteiger partial charge in [0, 0.05) is 20.2 Å². The first-order valence-corrected chi connectivity index (χ1v) is 7.36. The molecule has 1 aliphatic heterocycles. The predicted octanol–water partition coefficient (Wildman–Crippen LogP) is 0.933. The van der Waals surface area contributed by atoms with Gasteiger partial charge in [0.15, 0.2) is 0 Å². The Morgan fingerprint density at radius 2 is 2.20 bits per heavy atom. The first kappa shape index (κ1) is 14.9. The summed E-state index contributed by atoms with van der Waals surface area (Å²) >= 11 is 0. The molecular formula is C12H14FNO5S. The van der Waals surface area contributed by atoms with Crippen LogP contribution in [0.3, 0.4) is 0 Å². The maximum absolute atomic E-state index is 13.7. The van der Waals surface area contributed by atoms with E-state index in [-0.39, 0.29) is 24.8 Å². The Labute approximate surface area is 115 Å². The zero-order chi connectivity index (χ0) is 14.9. The predicted molar refractivity (Wildman–Crippen MR) is 67.5 cm³/mol. The fraction of sp³-hybridized carbons (Fsp3) is 0.417. The van der Waals surface area contributed by atoms with Gasteiger partial charge in [-0.25, -0.2) is 17.6 Å². The van der Waals surface area contributed by atoms with E-state index in [2.05, 4.69) is 0 Å². The smallest absolute Gasteiger partial charge is 0.335 e.